The predicted molar refractivity (Wildman–Crippen MR) is 69.1 cm³/mol. The SMILES string of the molecule is CCn1ncc(OC)c1C(=O)C(CC)(CC)OC. The smallest absolute Gasteiger partial charge is 0.216 e. The largest absolute Gasteiger partial charge is 0.493 e. The van der Waals surface area contributed by atoms with E-state index in [-0.39, 0.29) is 5.78 Å². The van der Waals surface area contributed by atoms with E-state index in [9.17, 15) is 4.79 Å². The monoisotopic (exact) mass is 254 g/mol. The van der Waals surface area contributed by atoms with E-state index < -0.39 is 5.60 Å². The van der Waals surface area contributed by atoms with Gasteiger partial charge in [-0.15, -0.1) is 0 Å². The van der Waals surface area contributed by atoms with E-state index >= 15 is 0 Å². The number of carbonyl (C=O) groups excluding carboxylic acids is 1. The number of methoxy groups -OCH3 is 2. The molecule has 102 valence electrons. The molecular weight excluding hydrogens is 232 g/mol. The predicted octanol–water partition coefficient (Wildman–Crippen LogP) is 2.30. The summed E-state index contributed by atoms with van der Waals surface area (Å²) in [6, 6.07) is 0. The van der Waals surface area contributed by atoms with Crippen LogP contribution in [0.15, 0.2) is 6.20 Å². The minimum atomic E-state index is -0.791. The van der Waals surface area contributed by atoms with Crippen LogP contribution in [0.2, 0.25) is 0 Å². The molecule has 0 bridgehead atoms. The van der Waals surface area contributed by atoms with Gasteiger partial charge in [0.2, 0.25) is 5.78 Å². The van der Waals surface area contributed by atoms with Gasteiger partial charge < -0.3 is 9.47 Å². The van der Waals surface area contributed by atoms with Gasteiger partial charge in [0.25, 0.3) is 0 Å². The second kappa shape index (κ2) is 6.00. The Labute approximate surface area is 108 Å². The molecule has 1 aromatic heterocycles. The zero-order valence-electron chi connectivity index (χ0n) is 11.8. The van der Waals surface area contributed by atoms with Crippen LogP contribution in [-0.4, -0.2) is 35.4 Å². The topological polar surface area (TPSA) is 53.4 Å². The number of carbonyl (C=O) groups is 1. The number of hydrogen-bond acceptors (Lipinski definition) is 4. The van der Waals surface area contributed by atoms with Crippen molar-refractivity contribution < 1.29 is 14.3 Å². The van der Waals surface area contributed by atoms with Crippen LogP contribution in [0.5, 0.6) is 5.75 Å². The van der Waals surface area contributed by atoms with Crippen LogP contribution in [-0.2, 0) is 11.3 Å². The maximum atomic E-state index is 12.7. The first-order valence-corrected chi connectivity index (χ1v) is 6.29. The molecule has 5 nitrogen and oxygen atoms in total. The number of nitrogens with zero attached hydrogens (tertiary/aromatic N) is 2. The van der Waals surface area contributed by atoms with E-state index in [0.717, 1.165) is 0 Å². The number of aromatic nitrogens is 2. The summed E-state index contributed by atoms with van der Waals surface area (Å²) < 4.78 is 12.3. The van der Waals surface area contributed by atoms with Crippen molar-refractivity contribution in [3.05, 3.63) is 11.9 Å². The lowest BCUT2D eigenvalue weighted by molar-refractivity contribution is -0.00364. The average Bonchev–Trinajstić information content (AvgIpc) is 2.83. The summed E-state index contributed by atoms with van der Waals surface area (Å²) in [5.74, 6) is 0.441. The number of aryl methyl sites for hydroxylation is 1. The highest BCUT2D eigenvalue weighted by Crippen LogP contribution is 2.29. The Hall–Kier alpha value is -1.36. The van der Waals surface area contributed by atoms with Crippen molar-refractivity contribution in [2.45, 2.75) is 45.8 Å². The van der Waals surface area contributed by atoms with Gasteiger partial charge in [-0.1, -0.05) is 13.8 Å². The summed E-state index contributed by atoms with van der Waals surface area (Å²) in [6.07, 6.45) is 2.82. The molecule has 0 fully saturated rings. The molecule has 0 atom stereocenters. The fraction of sp³-hybridized carbons (Fsp3) is 0.692. The second-order valence-electron chi connectivity index (χ2n) is 4.11. The van der Waals surface area contributed by atoms with Crippen molar-refractivity contribution in [2.75, 3.05) is 14.2 Å². The summed E-state index contributed by atoms with van der Waals surface area (Å²) in [6.45, 7) is 6.46. The number of rotatable bonds is 7. The highest BCUT2D eigenvalue weighted by molar-refractivity contribution is 6.03. The Balaban J connectivity index is 3.27. The van der Waals surface area contributed by atoms with Crippen LogP contribution in [0.1, 0.15) is 44.1 Å². The fourth-order valence-electron chi connectivity index (χ4n) is 2.15. The van der Waals surface area contributed by atoms with E-state index in [1.165, 1.54) is 0 Å². The third-order valence-corrected chi connectivity index (χ3v) is 3.49. The van der Waals surface area contributed by atoms with Crippen LogP contribution in [0.3, 0.4) is 0 Å². The zero-order chi connectivity index (χ0) is 13.8. The highest BCUT2D eigenvalue weighted by atomic mass is 16.5. The van der Waals surface area contributed by atoms with E-state index in [4.69, 9.17) is 9.47 Å². The molecule has 0 aliphatic rings. The summed E-state index contributed by atoms with van der Waals surface area (Å²) in [5.41, 5.74) is -0.300. The summed E-state index contributed by atoms with van der Waals surface area (Å²) >= 11 is 0. The normalized spacial score (nSPS) is 11.6. The van der Waals surface area contributed by atoms with Crippen LogP contribution >= 0.6 is 0 Å². The Morgan fingerprint density at radius 3 is 2.33 bits per heavy atom. The first-order chi connectivity index (χ1) is 8.60. The van der Waals surface area contributed by atoms with Crippen molar-refractivity contribution in [3.63, 3.8) is 0 Å². The van der Waals surface area contributed by atoms with Crippen molar-refractivity contribution >= 4 is 5.78 Å². The van der Waals surface area contributed by atoms with Crippen molar-refractivity contribution in [1.29, 1.82) is 0 Å². The van der Waals surface area contributed by atoms with Crippen LogP contribution in [0.4, 0.5) is 0 Å². The lowest BCUT2D eigenvalue weighted by Crippen LogP contribution is -2.40. The van der Waals surface area contributed by atoms with Gasteiger partial charge in [-0.25, -0.2) is 0 Å². The minimum absolute atomic E-state index is 0.0637. The molecule has 0 amide bonds. The van der Waals surface area contributed by atoms with E-state index in [2.05, 4.69) is 5.10 Å². The maximum Gasteiger partial charge on any atom is 0.216 e. The number of Topliss-reactive ketones (excluding diaryl/α,β-unsaturated/α-hetero) is 1. The van der Waals surface area contributed by atoms with Gasteiger partial charge in [0.05, 0.1) is 13.3 Å². The summed E-state index contributed by atoms with van der Waals surface area (Å²) in [5, 5.41) is 4.16. The Morgan fingerprint density at radius 2 is 1.94 bits per heavy atom. The molecule has 5 heteroatoms. The van der Waals surface area contributed by atoms with Crippen LogP contribution < -0.4 is 4.74 Å². The number of ketones is 1. The number of ether oxygens (including phenoxy) is 2. The fourth-order valence-corrected chi connectivity index (χ4v) is 2.15. The van der Waals surface area contributed by atoms with Gasteiger partial charge in [0, 0.05) is 13.7 Å². The van der Waals surface area contributed by atoms with Crippen molar-refractivity contribution in [3.8, 4) is 5.75 Å². The lowest BCUT2D eigenvalue weighted by atomic mass is 9.89. The van der Waals surface area contributed by atoms with Gasteiger partial charge in [0.15, 0.2) is 5.75 Å². The molecule has 0 radical (unpaired) electrons. The lowest BCUT2D eigenvalue weighted by Gasteiger charge is -2.28. The molecule has 0 spiro atoms. The third kappa shape index (κ3) is 2.27. The quantitative estimate of drug-likeness (QED) is 0.701. The van der Waals surface area contributed by atoms with E-state index in [1.807, 2.05) is 20.8 Å². The maximum absolute atomic E-state index is 12.7. The first kappa shape index (κ1) is 14.7. The average molecular weight is 254 g/mol. The molecule has 0 unspecified atom stereocenters. The molecule has 1 aromatic rings. The van der Waals surface area contributed by atoms with Gasteiger partial charge in [0.1, 0.15) is 11.3 Å². The molecule has 0 aliphatic carbocycles. The molecular formula is C13H22N2O3. The van der Waals surface area contributed by atoms with Gasteiger partial charge in [-0.3, -0.25) is 9.48 Å². The Bertz CT molecular complexity index is 379. The van der Waals surface area contributed by atoms with Crippen LogP contribution in [0, 0.1) is 0 Å². The van der Waals surface area contributed by atoms with Gasteiger partial charge in [-0.05, 0) is 19.8 Å². The molecule has 0 aromatic carbocycles. The molecule has 0 aliphatic heterocycles. The van der Waals surface area contributed by atoms with E-state index in [0.29, 0.717) is 30.8 Å². The Morgan fingerprint density at radius 1 is 1.33 bits per heavy atom. The molecule has 0 saturated heterocycles. The minimum Gasteiger partial charge on any atom is -0.493 e. The van der Waals surface area contributed by atoms with Gasteiger partial charge in [-0.2, -0.15) is 5.10 Å². The van der Waals surface area contributed by atoms with E-state index in [1.54, 1.807) is 25.1 Å². The Kier molecular flexibility index (Phi) is 4.90. The molecule has 1 heterocycles. The third-order valence-electron chi connectivity index (χ3n) is 3.49. The van der Waals surface area contributed by atoms with Crippen molar-refractivity contribution in [2.24, 2.45) is 0 Å². The summed E-state index contributed by atoms with van der Waals surface area (Å²) in [7, 11) is 3.12. The van der Waals surface area contributed by atoms with Crippen molar-refractivity contribution in [1.82, 2.24) is 9.78 Å². The van der Waals surface area contributed by atoms with Gasteiger partial charge >= 0.3 is 0 Å². The first-order valence-electron chi connectivity index (χ1n) is 6.29. The molecule has 0 saturated carbocycles. The highest BCUT2D eigenvalue weighted by Gasteiger charge is 2.39. The molecule has 1 rings (SSSR count). The number of hydrogen-bond donors (Lipinski definition) is 0. The standard InChI is InChI=1S/C13H22N2O3/c1-6-13(7-2,18-5)12(16)11-10(17-4)9-14-15(11)8-3/h9H,6-8H2,1-5H3. The molecule has 0 N–H and O–H groups in total. The van der Waals surface area contributed by atoms with Crippen LogP contribution in [0.25, 0.3) is 0 Å². The second-order valence-corrected chi connectivity index (χ2v) is 4.11. The molecule has 18 heavy (non-hydrogen) atoms. The zero-order valence-corrected chi connectivity index (χ0v) is 11.8. The summed E-state index contributed by atoms with van der Waals surface area (Å²) in [4.78, 5) is 12.7.